The number of hydrogen-bond acceptors (Lipinski definition) is 3. The van der Waals surface area contributed by atoms with Gasteiger partial charge in [0.1, 0.15) is 0 Å². The van der Waals surface area contributed by atoms with E-state index in [1.807, 2.05) is 6.92 Å². The molecule has 0 amide bonds. The molecule has 0 radical (unpaired) electrons. The molecule has 0 aliphatic heterocycles. The van der Waals surface area contributed by atoms with Gasteiger partial charge in [0.05, 0.1) is 4.90 Å². The molecule has 0 aromatic heterocycles. The first-order valence-electron chi connectivity index (χ1n) is 6.89. The van der Waals surface area contributed by atoms with Crippen LogP contribution < -0.4 is 4.83 Å². The third-order valence-electron chi connectivity index (χ3n) is 3.98. The van der Waals surface area contributed by atoms with Crippen molar-refractivity contribution in [3.05, 3.63) is 29.8 Å². The topological polar surface area (TPSA) is 58.5 Å². The Bertz CT molecular complexity index is 616. The SMILES string of the molecule is Cc1ccc(S(=O)(=O)N/N=C2/[C@@H](C)CCC2(C)C)cc1. The molecule has 5 heteroatoms. The maximum absolute atomic E-state index is 12.2. The van der Waals surface area contributed by atoms with Gasteiger partial charge in [-0.05, 0) is 37.8 Å². The molecule has 1 aromatic rings. The summed E-state index contributed by atoms with van der Waals surface area (Å²) in [6.45, 7) is 8.23. The Labute approximate surface area is 121 Å². The molecule has 1 atom stereocenters. The predicted molar refractivity (Wildman–Crippen MR) is 81.1 cm³/mol. The van der Waals surface area contributed by atoms with Gasteiger partial charge in [-0.2, -0.15) is 13.5 Å². The Hall–Kier alpha value is -1.36. The molecule has 0 spiro atoms. The van der Waals surface area contributed by atoms with E-state index < -0.39 is 10.0 Å². The monoisotopic (exact) mass is 294 g/mol. The number of aryl methyl sites for hydroxylation is 1. The lowest BCUT2D eigenvalue weighted by Gasteiger charge is -2.19. The molecule has 1 N–H and O–H groups in total. The highest BCUT2D eigenvalue weighted by Gasteiger charge is 2.36. The zero-order valence-electron chi connectivity index (χ0n) is 12.5. The van der Waals surface area contributed by atoms with Crippen molar-refractivity contribution in [2.45, 2.75) is 45.4 Å². The molecular formula is C15H22N2O2S. The number of nitrogens with zero attached hydrogens (tertiary/aromatic N) is 1. The molecule has 2 rings (SSSR count). The zero-order chi connectivity index (χ0) is 15.0. The van der Waals surface area contributed by atoms with E-state index in [0.717, 1.165) is 24.1 Å². The lowest BCUT2D eigenvalue weighted by Crippen LogP contribution is -2.27. The van der Waals surface area contributed by atoms with Gasteiger partial charge in [-0.25, -0.2) is 4.83 Å². The summed E-state index contributed by atoms with van der Waals surface area (Å²) in [5, 5.41) is 4.21. The summed E-state index contributed by atoms with van der Waals surface area (Å²) >= 11 is 0. The lowest BCUT2D eigenvalue weighted by molar-refractivity contribution is 0.505. The summed E-state index contributed by atoms with van der Waals surface area (Å²) in [6.07, 6.45) is 2.09. The van der Waals surface area contributed by atoms with Crippen LogP contribution in [0.15, 0.2) is 34.3 Å². The van der Waals surface area contributed by atoms with Gasteiger partial charge in [0, 0.05) is 11.1 Å². The van der Waals surface area contributed by atoms with Crippen LogP contribution in [-0.4, -0.2) is 14.1 Å². The van der Waals surface area contributed by atoms with Gasteiger partial charge in [-0.1, -0.05) is 38.5 Å². The molecule has 0 heterocycles. The van der Waals surface area contributed by atoms with Crippen LogP contribution in [0.25, 0.3) is 0 Å². The fourth-order valence-electron chi connectivity index (χ4n) is 2.65. The summed E-state index contributed by atoms with van der Waals surface area (Å²) in [5.41, 5.74) is 1.93. The van der Waals surface area contributed by atoms with Crippen molar-refractivity contribution >= 4 is 15.7 Å². The van der Waals surface area contributed by atoms with Crippen LogP contribution in [0, 0.1) is 18.3 Å². The molecule has 4 nitrogen and oxygen atoms in total. The maximum atomic E-state index is 12.2. The largest absolute Gasteiger partial charge is 0.276 e. The average molecular weight is 294 g/mol. The van der Waals surface area contributed by atoms with Crippen molar-refractivity contribution in [2.24, 2.45) is 16.4 Å². The summed E-state index contributed by atoms with van der Waals surface area (Å²) < 4.78 is 24.4. The van der Waals surface area contributed by atoms with Crippen molar-refractivity contribution in [1.82, 2.24) is 4.83 Å². The Kier molecular flexibility index (Phi) is 3.91. The number of rotatable bonds is 3. The van der Waals surface area contributed by atoms with Gasteiger partial charge in [0.2, 0.25) is 0 Å². The van der Waals surface area contributed by atoms with Crippen molar-refractivity contribution in [3.8, 4) is 0 Å². The lowest BCUT2D eigenvalue weighted by atomic mass is 9.88. The van der Waals surface area contributed by atoms with Crippen molar-refractivity contribution < 1.29 is 8.42 Å². The number of sulfonamides is 1. The number of nitrogens with one attached hydrogen (secondary N) is 1. The van der Waals surface area contributed by atoms with Crippen LogP contribution in [-0.2, 0) is 10.0 Å². The van der Waals surface area contributed by atoms with Crippen LogP contribution in [0.3, 0.4) is 0 Å². The van der Waals surface area contributed by atoms with Gasteiger partial charge < -0.3 is 0 Å². The van der Waals surface area contributed by atoms with Crippen molar-refractivity contribution in [2.75, 3.05) is 0 Å². The number of benzene rings is 1. The summed E-state index contributed by atoms with van der Waals surface area (Å²) in [4.78, 5) is 2.63. The van der Waals surface area contributed by atoms with Crippen LogP contribution in [0.1, 0.15) is 39.2 Å². The second-order valence-corrected chi connectivity index (χ2v) is 7.89. The highest BCUT2D eigenvalue weighted by molar-refractivity contribution is 7.89. The first kappa shape index (κ1) is 15.0. The first-order valence-corrected chi connectivity index (χ1v) is 8.37. The Morgan fingerprint density at radius 2 is 1.85 bits per heavy atom. The minimum Gasteiger partial charge on any atom is -0.200 e. The summed E-state index contributed by atoms with van der Waals surface area (Å²) in [6, 6.07) is 6.76. The molecular weight excluding hydrogens is 272 g/mol. The Morgan fingerprint density at radius 1 is 1.25 bits per heavy atom. The van der Waals surface area contributed by atoms with E-state index in [1.165, 1.54) is 0 Å². The molecule has 0 bridgehead atoms. The van der Waals surface area contributed by atoms with Gasteiger partial charge >= 0.3 is 0 Å². The third kappa shape index (κ3) is 3.03. The van der Waals surface area contributed by atoms with Crippen LogP contribution in [0.2, 0.25) is 0 Å². The van der Waals surface area contributed by atoms with Gasteiger partial charge in [0.25, 0.3) is 10.0 Å². The molecule has 110 valence electrons. The standard InChI is InChI=1S/C15H22N2O2S/c1-11-5-7-13(8-6-11)20(18,19)17-16-14-12(2)9-10-15(14,3)4/h5-8,12,17H,9-10H2,1-4H3/b16-14-/t12-/m0/s1. The summed E-state index contributed by atoms with van der Waals surface area (Å²) in [5.74, 6) is 0.325. The molecule has 0 saturated heterocycles. The quantitative estimate of drug-likeness (QED) is 0.871. The van der Waals surface area contributed by atoms with E-state index in [9.17, 15) is 8.42 Å². The summed E-state index contributed by atoms with van der Waals surface area (Å²) in [7, 11) is -3.58. The fourth-order valence-corrected chi connectivity index (χ4v) is 3.47. The fraction of sp³-hybridized carbons (Fsp3) is 0.533. The minimum absolute atomic E-state index is 0.0325. The molecule has 1 aliphatic rings. The molecule has 0 unspecified atom stereocenters. The molecule has 1 saturated carbocycles. The average Bonchev–Trinajstić information content (AvgIpc) is 2.62. The number of hydrazone groups is 1. The maximum Gasteiger partial charge on any atom is 0.276 e. The van der Waals surface area contributed by atoms with Crippen LogP contribution >= 0.6 is 0 Å². The van der Waals surface area contributed by atoms with Crippen LogP contribution in [0.5, 0.6) is 0 Å². The first-order chi connectivity index (χ1) is 9.22. The predicted octanol–water partition coefficient (Wildman–Crippen LogP) is 3.09. The van der Waals surface area contributed by atoms with E-state index in [2.05, 4.69) is 30.7 Å². The Morgan fingerprint density at radius 3 is 2.35 bits per heavy atom. The molecule has 1 fully saturated rings. The normalized spacial score (nSPS) is 24.0. The van der Waals surface area contributed by atoms with Crippen molar-refractivity contribution in [1.29, 1.82) is 0 Å². The van der Waals surface area contributed by atoms with E-state index in [1.54, 1.807) is 24.3 Å². The Balaban J connectivity index is 2.23. The van der Waals surface area contributed by atoms with E-state index >= 15 is 0 Å². The highest BCUT2D eigenvalue weighted by Crippen LogP contribution is 2.38. The van der Waals surface area contributed by atoms with E-state index in [0.29, 0.717) is 5.92 Å². The molecule has 20 heavy (non-hydrogen) atoms. The van der Waals surface area contributed by atoms with Crippen molar-refractivity contribution in [3.63, 3.8) is 0 Å². The minimum atomic E-state index is -3.58. The third-order valence-corrected chi connectivity index (χ3v) is 5.20. The smallest absolute Gasteiger partial charge is 0.200 e. The van der Waals surface area contributed by atoms with Gasteiger partial charge in [-0.3, -0.25) is 0 Å². The van der Waals surface area contributed by atoms with Gasteiger partial charge in [-0.15, -0.1) is 0 Å². The second kappa shape index (κ2) is 5.20. The van der Waals surface area contributed by atoms with Crippen LogP contribution in [0.4, 0.5) is 0 Å². The van der Waals surface area contributed by atoms with Gasteiger partial charge in [0.15, 0.2) is 0 Å². The van der Waals surface area contributed by atoms with E-state index in [4.69, 9.17) is 0 Å². The highest BCUT2D eigenvalue weighted by atomic mass is 32.2. The second-order valence-electron chi connectivity index (χ2n) is 6.23. The number of hydrogen-bond donors (Lipinski definition) is 1. The zero-order valence-corrected chi connectivity index (χ0v) is 13.3. The van der Waals surface area contributed by atoms with E-state index in [-0.39, 0.29) is 10.3 Å². The molecule has 1 aromatic carbocycles. The molecule has 1 aliphatic carbocycles.